The summed E-state index contributed by atoms with van der Waals surface area (Å²) in [6, 6.07) is 18.1. The summed E-state index contributed by atoms with van der Waals surface area (Å²) in [5.74, 6) is 0. The highest BCUT2D eigenvalue weighted by molar-refractivity contribution is 5.96. The van der Waals surface area contributed by atoms with Crippen LogP contribution in [0.25, 0.3) is 22.2 Å². The number of hydrogen-bond acceptors (Lipinski definition) is 5. The average Bonchev–Trinajstić information content (AvgIpc) is 3.13. The molecule has 3 aromatic rings. The van der Waals surface area contributed by atoms with Crippen molar-refractivity contribution in [2.75, 3.05) is 25.5 Å². The second-order valence-electron chi connectivity index (χ2n) is 9.53. The summed E-state index contributed by atoms with van der Waals surface area (Å²) in [6.45, 7) is 7.76. The predicted octanol–water partition coefficient (Wildman–Crippen LogP) is 5.47. The van der Waals surface area contributed by atoms with Crippen LogP contribution in [-0.2, 0) is 4.74 Å². The molecule has 32 heavy (non-hydrogen) atoms. The van der Waals surface area contributed by atoms with Crippen molar-refractivity contribution < 1.29 is 9.53 Å². The summed E-state index contributed by atoms with van der Waals surface area (Å²) >= 11 is 0. The van der Waals surface area contributed by atoms with Crippen molar-refractivity contribution in [3.63, 3.8) is 0 Å². The SMILES string of the molecule is CN1CCC(Nc2ccc(-c3cc4ccc(C#N)cc4n3C(=O)OC(C)(C)C)cc2)CC1. The smallest absolute Gasteiger partial charge is 0.419 e. The zero-order valence-corrected chi connectivity index (χ0v) is 19.2. The molecule has 0 aliphatic carbocycles. The summed E-state index contributed by atoms with van der Waals surface area (Å²) in [4.78, 5) is 15.5. The Morgan fingerprint density at radius 1 is 1.09 bits per heavy atom. The van der Waals surface area contributed by atoms with Crippen molar-refractivity contribution in [2.24, 2.45) is 0 Å². The van der Waals surface area contributed by atoms with Crippen LogP contribution in [0.5, 0.6) is 0 Å². The Bertz CT molecular complexity index is 1160. The third-order valence-corrected chi connectivity index (χ3v) is 5.78. The van der Waals surface area contributed by atoms with E-state index in [1.807, 2.05) is 45.0 Å². The van der Waals surface area contributed by atoms with Crippen LogP contribution in [-0.4, -0.2) is 47.3 Å². The number of benzene rings is 2. The van der Waals surface area contributed by atoms with Crippen LogP contribution in [0.1, 0.15) is 39.2 Å². The molecule has 0 spiro atoms. The minimum Gasteiger partial charge on any atom is -0.443 e. The van der Waals surface area contributed by atoms with Gasteiger partial charge in [0, 0.05) is 17.1 Å². The molecule has 166 valence electrons. The van der Waals surface area contributed by atoms with E-state index in [0.29, 0.717) is 17.1 Å². The summed E-state index contributed by atoms with van der Waals surface area (Å²) in [5.41, 5.74) is 3.29. The van der Waals surface area contributed by atoms with Crippen LogP contribution in [0.15, 0.2) is 48.5 Å². The maximum atomic E-state index is 13.1. The number of likely N-dealkylation sites (tertiary alicyclic amines) is 1. The highest BCUT2D eigenvalue weighted by Gasteiger charge is 2.23. The van der Waals surface area contributed by atoms with Crippen LogP contribution < -0.4 is 5.32 Å². The van der Waals surface area contributed by atoms with Gasteiger partial charge in [-0.15, -0.1) is 0 Å². The molecular weight excluding hydrogens is 400 g/mol. The number of anilines is 1. The maximum absolute atomic E-state index is 13.1. The second-order valence-corrected chi connectivity index (χ2v) is 9.53. The monoisotopic (exact) mass is 430 g/mol. The molecule has 0 bridgehead atoms. The summed E-state index contributed by atoms with van der Waals surface area (Å²) < 4.78 is 7.25. The van der Waals surface area contributed by atoms with Crippen molar-refractivity contribution in [3.8, 4) is 17.3 Å². The van der Waals surface area contributed by atoms with E-state index >= 15 is 0 Å². The van der Waals surface area contributed by atoms with Gasteiger partial charge in [0.1, 0.15) is 5.60 Å². The summed E-state index contributed by atoms with van der Waals surface area (Å²) in [6.07, 6.45) is 1.81. The standard InChI is InChI=1S/C26H30N4O2/c1-26(2,3)32-25(31)30-23-15-18(17-27)5-6-20(23)16-24(30)19-7-9-21(10-8-19)28-22-11-13-29(4)14-12-22/h5-10,15-16,22,28H,11-14H2,1-4H3. The van der Waals surface area contributed by atoms with E-state index < -0.39 is 11.7 Å². The van der Waals surface area contributed by atoms with Crippen molar-refractivity contribution in [1.29, 1.82) is 5.26 Å². The predicted molar refractivity (Wildman–Crippen MR) is 128 cm³/mol. The van der Waals surface area contributed by atoms with Crippen LogP contribution in [0.2, 0.25) is 0 Å². The fourth-order valence-electron chi connectivity index (χ4n) is 4.11. The number of nitriles is 1. The summed E-state index contributed by atoms with van der Waals surface area (Å²) in [5, 5.41) is 13.8. The van der Waals surface area contributed by atoms with Crippen molar-refractivity contribution in [2.45, 2.75) is 45.3 Å². The fraction of sp³-hybridized carbons (Fsp3) is 0.385. The van der Waals surface area contributed by atoms with Gasteiger partial charge in [-0.25, -0.2) is 9.36 Å². The molecule has 0 amide bonds. The van der Waals surface area contributed by atoms with Crippen molar-refractivity contribution in [3.05, 3.63) is 54.1 Å². The Hall–Kier alpha value is -3.30. The number of rotatable bonds is 3. The molecule has 0 unspecified atom stereocenters. The second kappa shape index (κ2) is 8.68. The lowest BCUT2D eigenvalue weighted by molar-refractivity contribution is 0.0547. The van der Waals surface area contributed by atoms with E-state index in [4.69, 9.17) is 4.74 Å². The van der Waals surface area contributed by atoms with Gasteiger partial charge in [-0.2, -0.15) is 5.26 Å². The minimum atomic E-state index is -0.625. The van der Waals surface area contributed by atoms with Gasteiger partial charge in [0.2, 0.25) is 0 Å². The van der Waals surface area contributed by atoms with Gasteiger partial charge in [-0.1, -0.05) is 18.2 Å². The number of piperidine rings is 1. The van der Waals surface area contributed by atoms with E-state index in [1.54, 1.807) is 16.7 Å². The Kier molecular flexibility index (Phi) is 5.94. The fourth-order valence-corrected chi connectivity index (χ4v) is 4.11. The Morgan fingerprint density at radius 3 is 2.41 bits per heavy atom. The van der Waals surface area contributed by atoms with Gasteiger partial charge in [0.15, 0.2) is 0 Å². The first kappa shape index (κ1) is 21.9. The molecule has 1 aromatic heterocycles. The highest BCUT2D eigenvalue weighted by Crippen LogP contribution is 2.31. The number of ether oxygens (including phenoxy) is 1. The lowest BCUT2D eigenvalue weighted by atomic mass is 10.0. The Morgan fingerprint density at radius 2 is 1.78 bits per heavy atom. The number of hydrogen-bond donors (Lipinski definition) is 1. The largest absolute Gasteiger partial charge is 0.443 e. The maximum Gasteiger partial charge on any atom is 0.419 e. The molecule has 1 saturated heterocycles. The molecule has 2 heterocycles. The normalized spacial score (nSPS) is 15.5. The number of carbonyl (C=O) groups excluding carboxylic acids is 1. The highest BCUT2D eigenvalue weighted by atomic mass is 16.6. The van der Waals surface area contributed by atoms with Crippen molar-refractivity contribution >= 4 is 22.7 Å². The first-order valence-electron chi connectivity index (χ1n) is 11.1. The van der Waals surface area contributed by atoms with Gasteiger partial charge in [0.25, 0.3) is 0 Å². The molecule has 1 aliphatic heterocycles. The number of fused-ring (bicyclic) bond motifs is 1. The Balaban J connectivity index is 1.68. The van der Waals surface area contributed by atoms with Gasteiger partial charge in [-0.3, -0.25) is 0 Å². The zero-order chi connectivity index (χ0) is 22.9. The number of carbonyl (C=O) groups is 1. The third-order valence-electron chi connectivity index (χ3n) is 5.78. The average molecular weight is 431 g/mol. The van der Waals surface area contributed by atoms with Crippen LogP contribution in [0.4, 0.5) is 10.5 Å². The molecule has 1 fully saturated rings. The van der Waals surface area contributed by atoms with E-state index in [1.165, 1.54) is 0 Å². The molecule has 0 radical (unpaired) electrons. The first-order valence-corrected chi connectivity index (χ1v) is 11.1. The van der Waals surface area contributed by atoms with Crippen LogP contribution >= 0.6 is 0 Å². The third kappa shape index (κ3) is 4.79. The minimum absolute atomic E-state index is 0.453. The van der Waals surface area contributed by atoms with Gasteiger partial charge >= 0.3 is 6.09 Å². The zero-order valence-electron chi connectivity index (χ0n) is 19.2. The lowest BCUT2D eigenvalue weighted by Gasteiger charge is -2.30. The van der Waals surface area contributed by atoms with Crippen molar-refractivity contribution in [1.82, 2.24) is 9.47 Å². The molecule has 0 saturated carbocycles. The molecular formula is C26H30N4O2. The van der Waals surface area contributed by atoms with Crippen LogP contribution in [0.3, 0.4) is 0 Å². The summed E-state index contributed by atoms with van der Waals surface area (Å²) in [7, 11) is 2.16. The number of nitrogens with zero attached hydrogens (tertiary/aromatic N) is 3. The van der Waals surface area contributed by atoms with Gasteiger partial charge < -0.3 is 15.0 Å². The lowest BCUT2D eigenvalue weighted by Crippen LogP contribution is -2.36. The van der Waals surface area contributed by atoms with Gasteiger partial charge in [-0.05, 0) is 89.6 Å². The first-order chi connectivity index (χ1) is 15.2. The van der Waals surface area contributed by atoms with Gasteiger partial charge in [0.05, 0.1) is 22.8 Å². The van der Waals surface area contributed by atoms with E-state index in [2.05, 4.69) is 35.5 Å². The molecule has 6 nitrogen and oxygen atoms in total. The number of nitrogens with one attached hydrogen (secondary N) is 1. The Labute approximate surface area is 189 Å². The van der Waals surface area contributed by atoms with E-state index in [0.717, 1.165) is 48.3 Å². The van der Waals surface area contributed by atoms with E-state index in [-0.39, 0.29) is 0 Å². The number of aromatic nitrogens is 1. The van der Waals surface area contributed by atoms with E-state index in [9.17, 15) is 10.1 Å². The molecule has 1 N–H and O–H groups in total. The van der Waals surface area contributed by atoms with Crippen LogP contribution in [0, 0.1) is 11.3 Å². The topological polar surface area (TPSA) is 70.3 Å². The quantitative estimate of drug-likeness (QED) is 0.597. The molecule has 1 aliphatic rings. The molecule has 2 aromatic carbocycles. The molecule has 4 rings (SSSR count). The molecule has 0 atom stereocenters. The molecule has 6 heteroatoms.